The molecule has 1 aliphatic carbocycles. The van der Waals surface area contributed by atoms with E-state index >= 15 is 0 Å². The van der Waals surface area contributed by atoms with Gasteiger partial charge in [-0.15, -0.1) is 0 Å². The van der Waals surface area contributed by atoms with E-state index in [9.17, 15) is 0 Å². The van der Waals surface area contributed by atoms with Crippen LogP contribution in [0, 0.1) is 0 Å². The van der Waals surface area contributed by atoms with Crippen LogP contribution >= 0.6 is 0 Å². The van der Waals surface area contributed by atoms with Gasteiger partial charge in [0.15, 0.2) is 0 Å². The second-order valence-electron chi connectivity index (χ2n) is 4.51. The summed E-state index contributed by atoms with van der Waals surface area (Å²) in [7, 11) is 0. The maximum Gasteiger partial charge on any atom is 0.00683 e. The lowest BCUT2D eigenvalue weighted by Crippen LogP contribution is -2.16. The van der Waals surface area contributed by atoms with Gasteiger partial charge in [-0.05, 0) is 44.2 Å². The molecule has 1 saturated carbocycles. The lowest BCUT2D eigenvalue weighted by Gasteiger charge is -1.98. The standard InChI is InChI=1S/C15H21N/c1(2-7-13-16-15-11-12-15)4-8-14-9-5-3-6-10-14/h1-3,5-6,9-10,15-16H,4,7-8,11-13H2. The molecule has 0 saturated heterocycles. The summed E-state index contributed by atoms with van der Waals surface area (Å²) in [4.78, 5) is 0. The van der Waals surface area contributed by atoms with E-state index in [4.69, 9.17) is 0 Å². The molecule has 1 nitrogen and oxygen atoms in total. The van der Waals surface area contributed by atoms with E-state index in [2.05, 4.69) is 47.8 Å². The fraction of sp³-hybridized carbons (Fsp3) is 0.467. The van der Waals surface area contributed by atoms with Gasteiger partial charge in [-0.2, -0.15) is 0 Å². The number of aryl methyl sites for hydroxylation is 1. The molecule has 1 aromatic carbocycles. The van der Waals surface area contributed by atoms with Crippen molar-refractivity contribution >= 4 is 0 Å². The molecule has 1 fully saturated rings. The molecule has 0 spiro atoms. The van der Waals surface area contributed by atoms with Gasteiger partial charge >= 0.3 is 0 Å². The lowest BCUT2D eigenvalue weighted by atomic mass is 10.1. The first-order chi connectivity index (χ1) is 7.95. The van der Waals surface area contributed by atoms with E-state index in [0.29, 0.717) is 0 Å². The van der Waals surface area contributed by atoms with Crippen molar-refractivity contribution in [2.75, 3.05) is 6.54 Å². The lowest BCUT2D eigenvalue weighted by molar-refractivity contribution is 0.689. The normalized spacial score (nSPS) is 15.8. The second kappa shape index (κ2) is 6.49. The molecule has 2 rings (SSSR count). The van der Waals surface area contributed by atoms with Gasteiger partial charge in [-0.3, -0.25) is 0 Å². The third-order valence-corrected chi connectivity index (χ3v) is 2.93. The molecular weight excluding hydrogens is 194 g/mol. The Kier molecular flexibility index (Phi) is 4.63. The zero-order valence-corrected chi connectivity index (χ0v) is 9.86. The Labute approximate surface area is 98.6 Å². The number of hydrogen-bond acceptors (Lipinski definition) is 1. The quantitative estimate of drug-likeness (QED) is 0.543. The van der Waals surface area contributed by atoms with Gasteiger partial charge < -0.3 is 5.32 Å². The maximum atomic E-state index is 3.51. The van der Waals surface area contributed by atoms with E-state index in [0.717, 1.165) is 25.4 Å². The number of hydrogen-bond donors (Lipinski definition) is 1. The minimum atomic E-state index is 0.845. The van der Waals surface area contributed by atoms with E-state index < -0.39 is 0 Å². The van der Waals surface area contributed by atoms with Crippen LogP contribution in [0.3, 0.4) is 0 Å². The van der Waals surface area contributed by atoms with E-state index in [1.54, 1.807) is 0 Å². The molecule has 1 heteroatoms. The van der Waals surface area contributed by atoms with Gasteiger partial charge in [0.1, 0.15) is 0 Å². The Bertz CT molecular complexity index is 311. The minimum Gasteiger partial charge on any atom is -0.314 e. The Morgan fingerprint density at radius 3 is 2.56 bits per heavy atom. The number of benzene rings is 1. The zero-order chi connectivity index (χ0) is 11.1. The molecular formula is C15H21N. The highest BCUT2D eigenvalue weighted by Crippen LogP contribution is 2.18. The highest BCUT2D eigenvalue weighted by Gasteiger charge is 2.19. The fourth-order valence-corrected chi connectivity index (χ4v) is 1.79. The van der Waals surface area contributed by atoms with Crippen LogP contribution < -0.4 is 5.32 Å². The summed E-state index contributed by atoms with van der Waals surface area (Å²) in [5, 5.41) is 3.51. The third-order valence-electron chi connectivity index (χ3n) is 2.93. The molecule has 0 aliphatic heterocycles. The van der Waals surface area contributed by atoms with Crippen molar-refractivity contribution in [2.45, 2.75) is 38.1 Å². The molecule has 0 unspecified atom stereocenters. The van der Waals surface area contributed by atoms with E-state index in [1.165, 1.54) is 24.8 Å². The smallest absolute Gasteiger partial charge is 0.00683 e. The summed E-state index contributed by atoms with van der Waals surface area (Å²) in [6.07, 6.45) is 10.9. The molecule has 0 heterocycles. The minimum absolute atomic E-state index is 0.845. The second-order valence-corrected chi connectivity index (χ2v) is 4.51. The maximum absolute atomic E-state index is 3.51. The predicted molar refractivity (Wildman–Crippen MR) is 69.5 cm³/mol. The molecule has 16 heavy (non-hydrogen) atoms. The van der Waals surface area contributed by atoms with Gasteiger partial charge in [0.05, 0.1) is 0 Å². The first-order valence-electron chi connectivity index (χ1n) is 6.37. The predicted octanol–water partition coefficient (Wildman–Crippen LogP) is 3.32. The first kappa shape index (κ1) is 11.4. The molecule has 1 N–H and O–H groups in total. The Balaban J connectivity index is 1.51. The molecule has 0 amide bonds. The molecule has 1 aromatic rings. The topological polar surface area (TPSA) is 12.0 Å². The third kappa shape index (κ3) is 4.63. The average molecular weight is 215 g/mol. The molecule has 0 aromatic heterocycles. The van der Waals surface area contributed by atoms with Crippen molar-refractivity contribution < 1.29 is 0 Å². The van der Waals surface area contributed by atoms with Crippen LogP contribution in [0.5, 0.6) is 0 Å². The fourth-order valence-electron chi connectivity index (χ4n) is 1.79. The van der Waals surface area contributed by atoms with Crippen molar-refractivity contribution in [3.05, 3.63) is 48.0 Å². The van der Waals surface area contributed by atoms with Crippen molar-refractivity contribution in [1.82, 2.24) is 5.32 Å². The van der Waals surface area contributed by atoms with Gasteiger partial charge in [0.25, 0.3) is 0 Å². The Hall–Kier alpha value is -1.08. The monoisotopic (exact) mass is 215 g/mol. The van der Waals surface area contributed by atoms with Crippen molar-refractivity contribution in [3.63, 3.8) is 0 Å². The highest BCUT2D eigenvalue weighted by atomic mass is 14.9. The number of nitrogens with one attached hydrogen (secondary N) is 1. The van der Waals surface area contributed by atoms with E-state index in [1.807, 2.05) is 0 Å². The number of rotatable bonds is 7. The van der Waals surface area contributed by atoms with Gasteiger partial charge in [-0.1, -0.05) is 42.5 Å². The summed E-state index contributed by atoms with van der Waals surface area (Å²) in [6.45, 7) is 1.15. The summed E-state index contributed by atoms with van der Waals surface area (Å²) in [6, 6.07) is 11.5. The average Bonchev–Trinajstić information content (AvgIpc) is 3.13. The summed E-state index contributed by atoms with van der Waals surface area (Å²) in [5.74, 6) is 0. The van der Waals surface area contributed by atoms with Crippen LogP contribution in [0.4, 0.5) is 0 Å². The van der Waals surface area contributed by atoms with Crippen LogP contribution in [0.15, 0.2) is 42.5 Å². The Morgan fingerprint density at radius 1 is 1.06 bits per heavy atom. The van der Waals surface area contributed by atoms with Crippen LogP contribution in [0.1, 0.15) is 31.2 Å². The van der Waals surface area contributed by atoms with Crippen LogP contribution in [0.2, 0.25) is 0 Å². The molecule has 0 radical (unpaired) electrons. The SMILES string of the molecule is C(=CCCc1ccccc1)CCNC1CC1. The van der Waals surface area contributed by atoms with E-state index in [-0.39, 0.29) is 0 Å². The van der Waals surface area contributed by atoms with Crippen molar-refractivity contribution in [3.8, 4) is 0 Å². The number of allylic oxidation sites excluding steroid dienone is 1. The largest absolute Gasteiger partial charge is 0.314 e. The van der Waals surface area contributed by atoms with Gasteiger partial charge in [0.2, 0.25) is 0 Å². The van der Waals surface area contributed by atoms with Crippen LogP contribution in [-0.2, 0) is 6.42 Å². The van der Waals surface area contributed by atoms with Gasteiger partial charge in [0, 0.05) is 6.04 Å². The first-order valence-corrected chi connectivity index (χ1v) is 6.37. The molecule has 1 aliphatic rings. The summed E-state index contributed by atoms with van der Waals surface area (Å²) < 4.78 is 0. The summed E-state index contributed by atoms with van der Waals surface area (Å²) >= 11 is 0. The van der Waals surface area contributed by atoms with Crippen molar-refractivity contribution in [2.24, 2.45) is 0 Å². The molecule has 0 atom stereocenters. The van der Waals surface area contributed by atoms with Crippen molar-refractivity contribution in [1.29, 1.82) is 0 Å². The summed E-state index contributed by atoms with van der Waals surface area (Å²) in [5.41, 5.74) is 1.43. The molecule has 86 valence electrons. The highest BCUT2D eigenvalue weighted by molar-refractivity contribution is 5.15. The molecule has 0 bridgehead atoms. The van der Waals surface area contributed by atoms with Crippen LogP contribution in [-0.4, -0.2) is 12.6 Å². The van der Waals surface area contributed by atoms with Gasteiger partial charge in [-0.25, -0.2) is 0 Å². The zero-order valence-electron chi connectivity index (χ0n) is 9.86. The Morgan fingerprint density at radius 2 is 1.81 bits per heavy atom. The van der Waals surface area contributed by atoms with Crippen LogP contribution in [0.25, 0.3) is 0 Å².